The molecule has 0 radical (unpaired) electrons. The van der Waals surface area contributed by atoms with Crippen molar-refractivity contribution in [1.29, 1.82) is 0 Å². The zero-order valence-corrected chi connectivity index (χ0v) is 8.91. The second kappa shape index (κ2) is 3.13. The normalized spacial score (nSPS) is 15.7. The van der Waals surface area contributed by atoms with Gasteiger partial charge in [-0.15, -0.1) is 0 Å². The minimum absolute atomic E-state index is 0.0405. The van der Waals surface area contributed by atoms with Crippen molar-refractivity contribution in [1.82, 2.24) is 9.97 Å². The van der Waals surface area contributed by atoms with Crippen molar-refractivity contribution < 1.29 is 9.59 Å². The van der Waals surface area contributed by atoms with E-state index in [0.29, 0.717) is 16.1 Å². The van der Waals surface area contributed by atoms with Crippen molar-refractivity contribution in [2.24, 2.45) is 0 Å². The molecule has 0 saturated heterocycles. The van der Waals surface area contributed by atoms with Gasteiger partial charge in [0.05, 0.1) is 18.3 Å². The average molecular weight is 256 g/mol. The van der Waals surface area contributed by atoms with Crippen LogP contribution in [0, 0.1) is 0 Å². The topological polar surface area (TPSA) is 63.2 Å². The molecular formula is C8H6BrN3O2. The van der Waals surface area contributed by atoms with Crippen molar-refractivity contribution in [2.45, 2.75) is 6.42 Å². The second-order valence-corrected chi connectivity index (χ2v) is 3.74. The first-order valence-corrected chi connectivity index (χ1v) is 4.71. The quantitative estimate of drug-likeness (QED) is 0.627. The molecule has 0 spiro atoms. The molecule has 1 aliphatic heterocycles. The van der Waals surface area contributed by atoms with Crippen LogP contribution in [0.2, 0.25) is 0 Å². The molecule has 72 valence electrons. The van der Waals surface area contributed by atoms with Crippen LogP contribution in [0.25, 0.3) is 0 Å². The first kappa shape index (κ1) is 9.26. The van der Waals surface area contributed by atoms with Gasteiger partial charge in [-0.2, -0.15) is 0 Å². The molecule has 0 saturated carbocycles. The lowest BCUT2D eigenvalue weighted by Gasteiger charge is -2.22. The highest BCUT2D eigenvalue weighted by atomic mass is 79.9. The number of anilines is 1. The number of amides is 1. The van der Waals surface area contributed by atoms with Gasteiger partial charge in [0, 0.05) is 7.05 Å². The van der Waals surface area contributed by atoms with Crippen LogP contribution in [0.3, 0.4) is 0 Å². The van der Waals surface area contributed by atoms with Crippen molar-refractivity contribution >= 4 is 33.4 Å². The Hall–Kier alpha value is -1.30. The van der Waals surface area contributed by atoms with Gasteiger partial charge in [-0.05, 0) is 15.9 Å². The Morgan fingerprint density at radius 1 is 1.50 bits per heavy atom. The van der Waals surface area contributed by atoms with Gasteiger partial charge in [0.25, 0.3) is 5.91 Å². The van der Waals surface area contributed by atoms with Crippen LogP contribution in [-0.2, 0) is 16.0 Å². The van der Waals surface area contributed by atoms with Gasteiger partial charge in [-0.25, -0.2) is 4.98 Å². The Kier molecular flexibility index (Phi) is 2.07. The molecule has 5 nitrogen and oxygen atoms in total. The second-order valence-electron chi connectivity index (χ2n) is 2.93. The van der Waals surface area contributed by atoms with Crippen LogP contribution in [0.1, 0.15) is 5.69 Å². The number of carbonyl (C=O) groups is 2. The molecule has 1 aliphatic rings. The Labute approximate surface area is 88.3 Å². The van der Waals surface area contributed by atoms with Crippen molar-refractivity contribution in [3.05, 3.63) is 16.5 Å². The summed E-state index contributed by atoms with van der Waals surface area (Å²) in [6, 6.07) is 0. The largest absolute Gasteiger partial charge is 0.295 e. The molecule has 0 aliphatic carbocycles. The van der Waals surface area contributed by atoms with Gasteiger partial charge in [0.2, 0.25) is 5.78 Å². The predicted octanol–water partition coefficient (Wildman–Crippen LogP) is 0.327. The molecule has 14 heavy (non-hydrogen) atoms. The van der Waals surface area contributed by atoms with Gasteiger partial charge in [0.1, 0.15) is 4.60 Å². The van der Waals surface area contributed by atoms with Crippen LogP contribution < -0.4 is 4.90 Å². The molecule has 1 amide bonds. The first-order valence-electron chi connectivity index (χ1n) is 3.92. The van der Waals surface area contributed by atoms with Crippen LogP contribution in [0.5, 0.6) is 0 Å². The van der Waals surface area contributed by atoms with Gasteiger partial charge >= 0.3 is 0 Å². The van der Waals surface area contributed by atoms with Crippen molar-refractivity contribution in [3.8, 4) is 0 Å². The van der Waals surface area contributed by atoms with E-state index in [1.165, 1.54) is 18.1 Å². The molecule has 2 rings (SSSR count). The molecule has 6 heteroatoms. The van der Waals surface area contributed by atoms with E-state index in [2.05, 4.69) is 25.9 Å². The fourth-order valence-electron chi connectivity index (χ4n) is 1.29. The van der Waals surface area contributed by atoms with E-state index >= 15 is 0 Å². The number of aromatic nitrogens is 2. The summed E-state index contributed by atoms with van der Waals surface area (Å²) in [6.45, 7) is 0. The third-order valence-electron chi connectivity index (χ3n) is 1.99. The highest BCUT2D eigenvalue weighted by Gasteiger charge is 2.30. The highest BCUT2D eigenvalue weighted by Crippen LogP contribution is 2.22. The SMILES string of the molecule is CN1C(=O)C(=O)Cc2ncc(Br)nc21. The lowest BCUT2D eigenvalue weighted by Crippen LogP contribution is -2.40. The van der Waals surface area contributed by atoms with Gasteiger partial charge in [-0.1, -0.05) is 0 Å². The molecule has 0 N–H and O–H groups in total. The zero-order valence-electron chi connectivity index (χ0n) is 7.32. The maximum absolute atomic E-state index is 11.3. The third kappa shape index (κ3) is 1.31. The maximum Gasteiger partial charge on any atom is 0.295 e. The smallest absolute Gasteiger partial charge is 0.292 e. The summed E-state index contributed by atoms with van der Waals surface area (Å²) < 4.78 is 0.547. The number of hydrogen-bond donors (Lipinski definition) is 0. The van der Waals surface area contributed by atoms with E-state index in [9.17, 15) is 9.59 Å². The number of rotatable bonds is 0. The minimum Gasteiger partial charge on any atom is -0.292 e. The van der Waals surface area contributed by atoms with Gasteiger partial charge < -0.3 is 0 Å². The number of ketones is 1. The molecule has 0 bridgehead atoms. The number of halogens is 1. The fraction of sp³-hybridized carbons (Fsp3) is 0.250. The number of carbonyl (C=O) groups excluding carboxylic acids is 2. The maximum atomic E-state index is 11.3. The summed E-state index contributed by atoms with van der Waals surface area (Å²) in [7, 11) is 1.51. The Morgan fingerprint density at radius 2 is 2.21 bits per heavy atom. The summed E-state index contributed by atoms with van der Waals surface area (Å²) in [4.78, 5) is 31.8. The summed E-state index contributed by atoms with van der Waals surface area (Å²) >= 11 is 3.16. The minimum atomic E-state index is -0.537. The van der Waals surface area contributed by atoms with E-state index in [-0.39, 0.29) is 6.42 Å². The van der Waals surface area contributed by atoms with Crippen molar-refractivity contribution in [3.63, 3.8) is 0 Å². The number of likely N-dealkylation sites (N-methyl/N-ethyl adjacent to an activating group) is 1. The Morgan fingerprint density at radius 3 is 2.93 bits per heavy atom. The van der Waals surface area contributed by atoms with Gasteiger partial charge in [-0.3, -0.25) is 19.5 Å². The molecular weight excluding hydrogens is 250 g/mol. The van der Waals surface area contributed by atoms with Crippen LogP contribution in [0.4, 0.5) is 5.82 Å². The van der Waals surface area contributed by atoms with E-state index in [4.69, 9.17) is 0 Å². The average Bonchev–Trinajstić information content (AvgIpc) is 2.16. The Bertz CT molecular complexity index is 433. The summed E-state index contributed by atoms with van der Waals surface area (Å²) in [6.07, 6.45) is 1.55. The molecule has 0 fully saturated rings. The van der Waals surface area contributed by atoms with E-state index in [1.807, 2.05) is 0 Å². The monoisotopic (exact) mass is 255 g/mol. The highest BCUT2D eigenvalue weighted by molar-refractivity contribution is 9.10. The Balaban J connectivity index is 2.56. The molecule has 0 unspecified atom stereocenters. The first-order chi connectivity index (χ1) is 6.59. The molecule has 0 aromatic carbocycles. The number of fused-ring (bicyclic) bond motifs is 1. The zero-order chi connectivity index (χ0) is 10.3. The standard InChI is InChI=1S/C8H6BrN3O2/c1-12-7-4(2-5(13)8(12)14)10-3-6(9)11-7/h3H,2H2,1H3. The molecule has 1 aromatic heterocycles. The molecule has 2 heterocycles. The number of hydrogen-bond acceptors (Lipinski definition) is 4. The van der Waals surface area contributed by atoms with E-state index in [1.54, 1.807) is 0 Å². The number of Topliss-reactive ketones (excluding diaryl/α,β-unsaturated/α-hetero) is 1. The van der Waals surface area contributed by atoms with Crippen LogP contribution in [0.15, 0.2) is 10.8 Å². The van der Waals surface area contributed by atoms with E-state index in [0.717, 1.165) is 0 Å². The third-order valence-corrected chi connectivity index (χ3v) is 2.37. The fourth-order valence-corrected chi connectivity index (χ4v) is 1.56. The molecule has 0 atom stereocenters. The summed E-state index contributed by atoms with van der Waals surface area (Å²) in [5.41, 5.74) is 0.542. The molecule has 1 aromatic rings. The van der Waals surface area contributed by atoms with Crippen molar-refractivity contribution in [2.75, 3.05) is 11.9 Å². The van der Waals surface area contributed by atoms with Gasteiger partial charge in [0.15, 0.2) is 5.82 Å². The number of nitrogens with zero attached hydrogens (tertiary/aromatic N) is 3. The predicted molar refractivity (Wildman–Crippen MR) is 51.9 cm³/mol. The van der Waals surface area contributed by atoms with Crippen LogP contribution >= 0.6 is 15.9 Å². The summed E-state index contributed by atoms with van der Waals surface area (Å²) in [5, 5.41) is 0. The van der Waals surface area contributed by atoms with Crippen LogP contribution in [-0.4, -0.2) is 28.7 Å². The summed E-state index contributed by atoms with van der Waals surface area (Å²) in [5.74, 6) is -0.537. The van der Waals surface area contributed by atoms with E-state index < -0.39 is 11.7 Å². The lowest BCUT2D eigenvalue weighted by atomic mass is 10.1. The lowest BCUT2D eigenvalue weighted by molar-refractivity contribution is -0.136.